The van der Waals surface area contributed by atoms with Crippen LogP contribution in [0.25, 0.3) is 0 Å². The molecular formula is C17H16Cl3IN2O. The van der Waals surface area contributed by atoms with Crippen molar-refractivity contribution in [2.45, 2.75) is 23.8 Å². The summed E-state index contributed by atoms with van der Waals surface area (Å²) in [5.41, 5.74) is 3.36. The second kappa shape index (κ2) is 8.13. The second-order valence-electron chi connectivity index (χ2n) is 5.42. The second-order valence-corrected chi connectivity index (χ2v) is 9.04. The molecule has 1 amide bonds. The topological polar surface area (TPSA) is 41.1 Å². The van der Waals surface area contributed by atoms with E-state index < -0.39 is 9.96 Å². The van der Waals surface area contributed by atoms with E-state index >= 15 is 0 Å². The van der Waals surface area contributed by atoms with Crippen molar-refractivity contribution in [3.63, 3.8) is 0 Å². The molecule has 0 spiro atoms. The van der Waals surface area contributed by atoms with Crippen LogP contribution in [0.5, 0.6) is 0 Å². The number of carbonyl (C=O) groups is 1. The summed E-state index contributed by atoms with van der Waals surface area (Å²) in [6.45, 7) is 3.91. The highest BCUT2D eigenvalue weighted by Crippen LogP contribution is 2.32. The molecule has 0 saturated heterocycles. The first-order chi connectivity index (χ1) is 11.2. The summed E-state index contributed by atoms with van der Waals surface area (Å²) >= 11 is 20.3. The summed E-state index contributed by atoms with van der Waals surface area (Å²) in [5, 5.41) is 5.86. The highest BCUT2D eigenvalue weighted by atomic mass is 127. The van der Waals surface area contributed by atoms with E-state index in [4.69, 9.17) is 34.8 Å². The molecule has 0 heterocycles. The molecule has 0 aliphatic heterocycles. The number of anilines is 1. The zero-order chi connectivity index (χ0) is 17.9. The molecule has 0 aliphatic carbocycles. The smallest absolute Gasteiger partial charge is 0.253 e. The van der Waals surface area contributed by atoms with Crippen LogP contribution in [-0.4, -0.2) is 15.9 Å². The Hall–Kier alpha value is -0.690. The van der Waals surface area contributed by atoms with E-state index in [0.29, 0.717) is 5.56 Å². The number of nitrogens with one attached hydrogen (secondary N) is 2. The van der Waals surface area contributed by atoms with Crippen LogP contribution in [0.2, 0.25) is 0 Å². The van der Waals surface area contributed by atoms with E-state index in [1.807, 2.05) is 38.1 Å². The van der Waals surface area contributed by atoms with Crippen LogP contribution in [0.3, 0.4) is 0 Å². The fraction of sp³-hybridized carbons (Fsp3) is 0.235. The Kier molecular flexibility index (Phi) is 6.65. The summed E-state index contributed by atoms with van der Waals surface area (Å²) < 4.78 is -0.762. The molecular weight excluding hydrogens is 481 g/mol. The minimum atomic E-state index is -1.71. The number of halogens is 4. The van der Waals surface area contributed by atoms with Gasteiger partial charge < -0.3 is 10.6 Å². The summed E-state index contributed by atoms with van der Waals surface area (Å²) in [5.74, 6) is -0.317. The van der Waals surface area contributed by atoms with Crippen molar-refractivity contribution in [3.8, 4) is 0 Å². The fourth-order valence-electron chi connectivity index (χ4n) is 2.09. The maximum Gasteiger partial charge on any atom is 0.253 e. The molecule has 0 aromatic heterocycles. The number of hydrogen-bond acceptors (Lipinski definition) is 2. The predicted octanol–water partition coefficient (Wildman–Crippen LogP) is 5.45. The van der Waals surface area contributed by atoms with Gasteiger partial charge in [-0.25, -0.2) is 0 Å². The summed E-state index contributed by atoms with van der Waals surface area (Å²) in [4.78, 5) is 12.5. The van der Waals surface area contributed by atoms with Crippen LogP contribution >= 0.6 is 57.4 Å². The molecule has 0 aliphatic rings. The van der Waals surface area contributed by atoms with Crippen molar-refractivity contribution in [1.29, 1.82) is 0 Å². The molecule has 1 unspecified atom stereocenters. The number of rotatable bonds is 4. The van der Waals surface area contributed by atoms with Gasteiger partial charge in [-0.3, -0.25) is 4.79 Å². The molecule has 0 radical (unpaired) electrons. The molecule has 2 rings (SSSR count). The molecule has 1 atom stereocenters. The molecule has 2 N–H and O–H groups in total. The Morgan fingerprint density at radius 3 is 2.46 bits per heavy atom. The molecule has 0 saturated carbocycles. The van der Waals surface area contributed by atoms with E-state index in [0.717, 1.165) is 20.4 Å². The van der Waals surface area contributed by atoms with Crippen LogP contribution in [0.1, 0.15) is 21.5 Å². The Morgan fingerprint density at radius 2 is 1.83 bits per heavy atom. The number of carbonyl (C=O) groups excluding carboxylic acids is 1. The average molecular weight is 498 g/mol. The van der Waals surface area contributed by atoms with Gasteiger partial charge in [-0.05, 0) is 71.8 Å². The lowest BCUT2D eigenvalue weighted by Gasteiger charge is -2.28. The van der Waals surface area contributed by atoms with Crippen molar-refractivity contribution >= 4 is 69.0 Å². The van der Waals surface area contributed by atoms with Gasteiger partial charge in [0, 0.05) is 14.8 Å². The molecule has 0 fully saturated rings. The quantitative estimate of drug-likeness (QED) is 0.335. The molecule has 0 bridgehead atoms. The highest BCUT2D eigenvalue weighted by Gasteiger charge is 2.34. The molecule has 3 nitrogen and oxygen atoms in total. The first-order valence-electron chi connectivity index (χ1n) is 7.14. The van der Waals surface area contributed by atoms with Gasteiger partial charge in [0.1, 0.15) is 6.17 Å². The maximum atomic E-state index is 12.5. The zero-order valence-corrected chi connectivity index (χ0v) is 17.5. The summed E-state index contributed by atoms with van der Waals surface area (Å²) in [6, 6.07) is 13.1. The summed E-state index contributed by atoms with van der Waals surface area (Å²) in [6.07, 6.45) is -0.881. The van der Waals surface area contributed by atoms with Crippen LogP contribution in [-0.2, 0) is 0 Å². The zero-order valence-electron chi connectivity index (χ0n) is 13.0. The predicted molar refractivity (Wildman–Crippen MR) is 110 cm³/mol. The lowest BCUT2D eigenvalue weighted by atomic mass is 10.1. The van der Waals surface area contributed by atoms with Gasteiger partial charge >= 0.3 is 0 Å². The largest absolute Gasteiger partial charge is 0.362 e. The van der Waals surface area contributed by atoms with Gasteiger partial charge in [0.2, 0.25) is 3.79 Å². The van der Waals surface area contributed by atoms with E-state index in [1.165, 1.54) is 0 Å². The van der Waals surface area contributed by atoms with E-state index in [1.54, 1.807) is 18.2 Å². The SMILES string of the molecule is Cc1ccc(C)c(NC(NC(=O)c2cccc(I)c2)C(Cl)(Cl)Cl)c1. The van der Waals surface area contributed by atoms with Gasteiger partial charge in [0.05, 0.1) is 0 Å². The number of benzene rings is 2. The van der Waals surface area contributed by atoms with E-state index in [2.05, 4.69) is 33.2 Å². The van der Waals surface area contributed by atoms with Gasteiger partial charge in [-0.1, -0.05) is 53.0 Å². The first kappa shape index (κ1) is 19.6. The molecule has 7 heteroatoms. The van der Waals surface area contributed by atoms with Gasteiger partial charge in [0.25, 0.3) is 5.91 Å². The van der Waals surface area contributed by atoms with Crippen LogP contribution in [0.15, 0.2) is 42.5 Å². The van der Waals surface area contributed by atoms with E-state index in [9.17, 15) is 4.79 Å². The number of alkyl halides is 3. The van der Waals surface area contributed by atoms with Gasteiger partial charge in [0.15, 0.2) is 0 Å². The van der Waals surface area contributed by atoms with Crippen molar-refractivity contribution in [1.82, 2.24) is 5.32 Å². The van der Waals surface area contributed by atoms with Crippen LogP contribution < -0.4 is 10.6 Å². The van der Waals surface area contributed by atoms with Crippen molar-refractivity contribution < 1.29 is 4.79 Å². The number of aryl methyl sites for hydroxylation is 2. The highest BCUT2D eigenvalue weighted by molar-refractivity contribution is 14.1. The third-order valence-electron chi connectivity index (χ3n) is 3.38. The van der Waals surface area contributed by atoms with Crippen molar-refractivity contribution in [2.24, 2.45) is 0 Å². The van der Waals surface area contributed by atoms with Gasteiger partial charge in [-0.2, -0.15) is 0 Å². The average Bonchev–Trinajstić information content (AvgIpc) is 2.49. The Morgan fingerprint density at radius 1 is 1.12 bits per heavy atom. The Balaban J connectivity index is 2.23. The van der Waals surface area contributed by atoms with Crippen LogP contribution in [0.4, 0.5) is 5.69 Å². The Labute approximate surface area is 170 Å². The van der Waals surface area contributed by atoms with Gasteiger partial charge in [-0.15, -0.1) is 0 Å². The third kappa shape index (κ3) is 5.41. The molecule has 24 heavy (non-hydrogen) atoms. The fourth-order valence-corrected chi connectivity index (χ4v) is 2.96. The number of amides is 1. The third-order valence-corrected chi connectivity index (χ3v) is 4.71. The molecule has 2 aromatic carbocycles. The molecule has 128 valence electrons. The lowest BCUT2D eigenvalue weighted by molar-refractivity contribution is 0.0941. The van der Waals surface area contributed by atoms with E-state index in [-0.39, 0.29) is 5.91 Å². The normalized spacial score (nSPS) is 12.6. The lowest BCUT2D eigenvalue weighted by Crippen LogP contribution is -2.49. The van der Waals surface area contributed by atoms with Crippen molar-refractivity contribution in [3.05, 3.63) is 62.7 Å². The van der Waals surface area contributed by atoms with Crippen molar-refractivity contribution in [2.75, 3.05) is 5.32 Å². The Bertz CT molecular complexity index is 747. The monoisotopic (exact) mass is 496 g/mol. The minimum absolute atomic E-state index is 0.317. The number of hydrogen-bond donors (Lipinski definition) is 2. The first-order valence-corrected chi connectivity index (χ1v) is 9.35. The standard InChI is InChI=1S/C17H16Cl3IN2O/c1-10-6-7-11(2)14(8-10)22-16(17(18,19)20)23-15(24)12-4-3-5-13(21)9-12/h3-9,16,22H,1-2H3,(H,23,24). The minimum Gasteiger partial charge on any atom is -0.362 e. The maximum absolute atomic E-state index is 12.5. The summed E-state index contributed by atoms with van der Waals surface area (Å²) in [7, 11) is 0. The molecule has 2 aromatic rings. The van der Waals surface area contributed by atoms with Crippen LogP contribution in [0, 0.1) is 17.4 Å².